The molecule has 0 aromatic heterocycles. The van der Waals surface area contributed by atoms with Gasteiger partial charge < -0.3 is 10.1 Å². The quantitative estimate of drug-likeness (QED) is 0.817. The molecule has 0 saturated carbocycles. The molecule has 27 heavy (non-hydrogen) atoms. The number of imide groups is 1. The summed E-state index contributed by atoms with van der Waals surface area (Å²) in [6.45, 7) is 7.65. The zero-order valence-corrected chi connectivity index (χ0v) is 16.3. The van der Waals surface area contributed by atoms with Gasteiger partial charge in [-0.2, -0.15) is 0 Å². The van der Waals surface area contributed by atoms with Crippen LogP contribution in [0.4, 0.5) is 5.69 Å². The normalized spacial score (nSPS) is 14.4. The van der Waals surface area contributed by atoms with Crippen LogP contribution < -0.4 is 10.1 Å². The van der Waals surface area contributed by atoms with E-state index < -0.39 is 0 Å². The molecule has 2 aromatic carbocycles. The number of carbonyl (C=O) groups is 2. The van der Waals surface area contributed by atoms with Crippen LogP contribution in [-0.4, -0.2) is 29.9 Å². The average Bonchev–Trinajstić information content (AvgIpc) is 2.84. The number of carbonyl (C=O) groups excluding carboxylic acids is 2. The fourth-order valence-corrected chi connectivity index (χ4v) is 3.42. The molecule has 0 saturated heterocycles. The molecular formula is C22H24N2O3. The Labute approximate surface area is 159 Å². The minimum Gasteiger partial charge on any atom is -0.496 e. The second kappa shape index (κ2) is 7.27. The van der Waals surface area contributed by atoms with Crippen LogP contribution in [0.1, 0.15) is 30.5 Å². The first-order chi connectivity index (χ1) is 12.8. The minimum atomic E-state index is -0.324. The summed E-state index contributed by atoms with van der Waals surface area (Å²) in [5.74, 6) is -0.0829. The van der Waals surface area contributed by atoms with Crippen LogP contribution in [0.2, 0.25) is 0 Å². The van der Waals surface area contributed by atoms with Gasteiger partial charge >= 0.3 is 0 Å². The fourth-order valence-electron chi connectivity index (χ4n) is 3.42. The predicted molar refractivity (Wildman–Crippen MR) is 106 cm³/mol. The third-order valence-electron chi connectivity index (χ3n) is 4.50. The maximum Gasteiger partial charge on any atom is 0.278 e. The second-order valence-corrected chi connectivity index (χ2v) is 7.03. The van der Waals surface area contributed by atoms with E-state index in [-0.39, 0.29) is 23.6 Å². The second-order valence-electron chi connectivity index (χ2n) is 7.03. The molecule has 0 aliphatic carbocycles. The van der Waals surface area contributed by atoms with E-state index in [1.165, 1.54) is 4.90 Å². The van der Waals surface area contributed by atoms with Crippen molar-refractivity contribution in [3.8, 4) is 5.75 Å². The average molecular weight is 364 g/mol. The Kier molecular flexibility index (Phi) is 5.04. The van der Waals surface area contributed by atoms with E-state index in [2.05, 4.69) is 11.4 Å². The molecule has 0 unspecified atom stereocenters. The SMILES string of the molecule is COc1ccccc1C1=C(Nc2cc(C)cc(C)c2)C(=O)N(C(C)C)C1=O. The third-order valence-corrected chi connectivity index (χ3v) is 4.50. The smallest absolute Gasteiger partial charge is 0.278 e. The first kappa shape index (κ1) is 18.7. The van der Waals surface area contributed by atoms with Crippen molar-refractivity contribution < 1.29 is 14.3 Å². The lowest BCUT2D eigenvalue weighted by atomic mass is 10.0. The van der Waals surface area contributed by atoms with Crippen molar-refractivity contribution in [1.82, 2.24) is 4.90 Å². The summed E-state index contributed by atoms with van der Waals surface area (Å²) in [7, 11) is 1.55. The van der Waals surface area contributed by atoms with Crippen molar-refractivity contribution in [1.29, 1.82) is 0 Å². The van der Waals surface area contributed by atoms with E-state index in [0.29, 0.717) is 16.9 Å². The Morgan fingerprint density at radius 1 is 0.963 bits per heavy atom. The molecule has 5 nitrogen and oxygen atoms in total. The standard InChI is InChI=1S/C22H24N2O3/c1-13(2)24-21(25)19(17-8-6-7-9-18(17)27-5)20(22(24)26)23-16-11-14(3)10-15(4)12-16/h6-13,23H,1-5H3. The van der Waals surface area contributed by atoms with Crippen LogP contribution in [0.5, 0.6) is 5.75 Å². The maximum absolute atomic E-state index is 13.1. The van der Waals surface area contributed by atoms with Gasteiger partial charge in [-0.3, -0.25) is 14.5 Å². The summed E-state index contributed by atoms with van der Waals surface area (Å²) in [6, 6.07) is 13.0. The van der Waals surface area contributed by atoms with Crippen molar-refractivity contribution in [2.45, 2.75) is 33.7 Å². The van der Waals surface area contributed by atoms with Crippen molar-refractivity contribution >= 4 is 23.1 Å². The number of ether oxygens (including phenoxy) is 1. The minimum absolute atomic E-state index is 0.242. The number of rotatable bonds is 5. The van der Waals surface area contributed by atoms with Gasteiger partial charge in [0.25, 0.3) is 11.8 Å². The Hall–Kier alpha value is -3.08. The van der Waals surface area contributed by atoms with Crippen LogP contribution in [0.25, 0.3) is 5.57 Å². The topological polar surface area (TPSA) is 58.6 Å². The highest BCUT2D eigenvalue weighted by molar-refractivity contribution is 6.37. The Balaban J connectivity index is 2.17. The Morgan fingerprint density at radius 3 is 2.19 bits per heavy atom. The molecule has 0 atom stereocenters. The molecule has 1 heterocycles. The zero-order valence-electron chi connectivity index (χ0n) is 16.3. The number of anilines is 1. The molecule has 3 rings (SSSR count). The number of hydrogen-bond donors (Lipinski definition) is 1. The number of hydrogen-bond acceptors (Lipinski definition) is 4. The van der Waals surface area contributed by atoms with Crippen LogP contribution in [0.3, 0.4) is 0 Å². The van der Waals surface area contributed by atoms with Gasteiger partial charge in [-0.05, 0) is 57.0 Å². The number of para-hydroxylation sites is 1. The number of benzene rings is 2. The van der Waals surface area contributed by atoms with E-state index in [9.17, 15) is 9.59 Å². The molecular weight excluding hydrogens is 340 g/mol. The van der Waals surface area contributed by atoms with E-state index in [1.807, 2.05) is 52.0 Å². The predicted octanol–water partition coefficient (Wildman–Crippen LogP) is 3.91. The van der Waals surface area contributed by atoms with Gasteiger partial charge in [-0.1, -0.05) is 24.3 Å². The highest BCUT2D eigenvalue weighted by atomic mass is 16.5. The largest absolute Gasteiger partial charge is 0.496 e. The van der Waals surface area contributed by atoms with Crippen LogP contribution >= 0.6 is 0 Å². The number of methoxy groups -OCH3 is 1. The summed E-state index contributed by atoms with van der Waals surface area (Å²) in [6.07, 6.45) is 0. The van der Waals surface area contributed by atoms with Gasteiger partial charge in [-0.15, -0.1) is 0 Å². The van der Waals surface area contributed by atoms with E-state index in [4.69, 9.17) is 4.74 Å². The van der Waals surface area contributed by atoms with Gasteiger partial charge in [0.2, 0.25) is 0 Å². The lowest BCUT2D eigenvalue weighted by molar-refractivity contribution is -0.138. The number of nitrogens with one attached hydrogen (secondary N) is 1. The summed E-state index contributed by atoms with van der Waals surface area (Å²) < 4.78 is 5.43. The lowest BCUT2D eigenvalue weighted by Crippen LogP contribution is -2.38. The Morgan fingerprint density at radius 2 is 1.59 bits per heavy atom. The van der Waals surface area contributed by atoms with Crippen molar-refractivity contribution in [3.05, 3.63) is 64.9 Å². The van der Waals surface area contributed by atoms with Crippen molar-refractivity contribution in [3.63, 3.8) is 0 Å². The summed E-state index contributed by atoms with van der Waals surface area (Å²) in [5, 5.41) is 3.20. The maximum atomic E-state index is 13.1. The summed E-state index contributed by atoms with van der Waals surface area (Å²) in [5.41, 5.74) is 4.16. The fraction of sp³-hybridized carbons (Fsp3) is 0.273. The van der Waals surface area contributed by atoms with Gasteiger partial charge in [-0.25, -0.2) is 0 Å². The molecule has 0 fully saturated rings. The van der Waals surface area contributed by atoms with Crippen molar-refractivity contribution in [2.75, 3.05) is 12.4 Å². The number of amides is 2. The van der Waals surface area contributed by atoms with E-state index >= 15 is 0 Å². The van der Waals surface area contributed by atoms with Gasteiger partial charge in [0.1, 0.15) is 11.4 Å². The van der Waals surface area contributed by atoms with Gasteiger partial charge in [0.05, 0.1) is 12.7 Å². The number of aryl methyl sites for hydroxylation is 2. The van der Waals surface area contributed by atoms with Crippen molar-refractivity contribution in [2.24, 2.45) is 0 Å². The van der Waals surface area contributed by atoms with Crippen LogP contribution in [0.15, 0.2) is 48.2 Å². The molecule has 1 N–H and O–H groups in total. The molecule has 1 aliphatic heterocycles. The van der Waals surface area contributed by atoms with Gasteiger partial charge in [0.15, 0.2) is 0 Å². The third kappa shape index (κ3) is 3.45. The summed E-state index contributed by atoms with van der Waals surface area (Å²) >= 11 is 0. The molecule has 0 bridgehead atoms. The molecule has 140 valence electrons. The van der Waals surface area contributed by atoms with E-state index in [0.717, 1.165) is 16.8 Å². The van der Waals surface area contributed by atoms with Crippen LogP contribution in [0, 0.1) is 13.8 Å². The van der Waals surface area contributed by atoms with E-state index in [1.54, 1.807) is 19.2 Å². The molecule has 2 amide bonds. The van der Waals surface area contributed by atoms with Crippen LogP contribution in [-0.2, 0) is 9.59 Å². The molecule has 5 heteroatoms. The summed E-state index contributed by atoms with van der Waals surface area (Å²) in [4.78, 5) is 27.5. The molecule has 0 radical (unpaired) electrons. The highest BCUT2D eigenvalue weighted by Crippen LogP contribution is 2.36. The molecule has 0 spiro atoms. The molecule has 2 aromatic rings. The van der Waals surface area contributed by atoms with Gasteiger partial charge in [0, 0.05) is 17.3 Å². The monoisotopic (exact) mass is 364 g/mol. The zero-order chi connectivity index (χ0) is 19.7. The first-order valence-corrected chi connectivity index (χ1v) is 8.94. The first-order valence-electron chi connectivity index (χ1n) is 8.94. The number of nitrogens with zero attached hydrogens (tertiary/aromatic N) is 1. The Bertz CT molecular complexity index is 924. The lowest BCUT2D eigenvalue weighted by Gasteiger charge is -2.19. The molecule has 1 aliphatic rings. The highest BCUT2D eigenvalue weighted by Gasteiger charge is 2.41.